The van der Waals surface area contributed by atoms with Crippen LogP contribution >= 0.6 is 11.6 Å². The largest absolute Gasteiger partial charge is 0.127 e. The van der Waals surface area contributed by atoms with Crippen LogP contribution in [0.3, 0.4) is 0 Å². The zero-order valence-electron chi connectivity index (χ0n) is 13.1. The Morgan fingerprint density at radius 1 is 1.05 bits per heavy atom. The predicted octanol–water partition coefficient (Wildman–Crippen LogP) is 5.82. The van der Waals surface area contributed by atoms with Crippen molar-refractivity contribution in [3.8, 4) is 11.8 Å². The van der Waals surface area contributed by atoms with Crippen molar-refractivity contribution in [3.63, 3.8) is 0 Å². The van der Waals surface area contributed by atoms with E-state index in [1.807, 2.05) is 0 Å². The summed E-state index contributed by atoms with van der Waals surface area (Å²) in [7, 11) is -1.41. The highest BCUT2D eigenvalue weighted by Crippen LogP contribution is 2.32. The van der Waals surface area contributed by atoms with Crippen LogP contribution in [0.25, 0.3) is 10.8 Å². The number of benzene rings is 2. The first-order valence-electron chi connectivity index (χ1n) is 7.56. The normalized spacial score (nSPS) is 12.8. The highest BCUT2D eigenvalue weighted by Gasteiger charge is 2.27. The molecule has 110 valence electrons. The molecule has 0 amide bonds. The Bertz CT molecular complexity index is 653. The van der Waals surface area contributed by atoms with E-state index < -0.39 is 8.07 Å². The van der Waals surface area contributed by atoms with Gasteiger partial charge in [-0.15, -0.1) is 17.5 Å². The van der Waals surface area contributed by atoms with Crippen LogP contribution < -0.4 is 0 Å². The number of hydrogen-bond acceptors (Lipinski definition) is 0. The third kappa shape index (κ3) is 4.12. The minimum absolute atomic E-state index is 0.374. The molecule has 1 atom stereocenters. The molecule has 1 unspecified atom stereocenters. The lowest BCUT2D eigenvalue weighted by molar-refractivity contribution is 0.988. The number of fused-ring (bicyclic) bond motifs is 1. The van der Waals surface area contributed by atoms with Gasteiger partial charge < -0.3 is 0 Å². The number of halogens is 1. The van der Waals surface area contributed by atoms with Gasteiger partial charge in [-0.05, 0) is 22.8 Å². The van der Waals surface area contributed by atoms with Gasteiger partial charge in [-0.3, -0.25) is 0 Å². The molecular formula is C19H23ClSi. The van der Waals surface area contributed by atoms with E-state index >= 15 is 0 Å². The quantitative estimate of drug-likeness (QED) is 0.288. The Morgan fingerprint density at radius 3 is 2.48 bits per heavy atom. The smallest absolute Gasteiger partial charge is 0.0669 e. The van der Waals surface area contributed by atoms with Gasteiger partial charge in [0.15, 0.2) is 0 Å². The second-order valence-corrected chi connectivity index (χ2v) is 12.2. The van der Waals surface area contributed by atoms with Crippen LogP contribution in [0.2, 0.25) is 19.6 Å². The molecule has 0 saturated carbocycles. The number of unbranched alkanes of at least 4 members (excludes halogenated alkanes) is 1. The fourth-order valence-corrected chi connectivity index (χ4v) is 4.45. The van der Waals surface area contributed by atoms with Gasteiger partial charge in [0.25, 0.3) is 0 Å². The number of hydrogen-bond donors (Lipinski definition) is 0. The van der Waals surface area contributed by atoms with Crippen LogP contribution in [-0.2, 0) is 0 Å². The van der Waals surface area contributed by atoms with E-state index in [-0.39, 0.29) is 0 Å². The Labute approximate surface area is 134 Å². The molecule has 0 aliphatic rings. The Morgan fingerprint density at radius 2 is 1.76 bits per heavy atom. The maximum absolute atomic E-state index is 5.74. The summed E-state index contributed by atoms with van der Waals surface area (Å²) >= 11 is 5.74. The lowest BCUT2D eigenvalue weighted by Crippen LogP contribution is -2.30. The van der Waals surface area contributed by atoms with Crippen molar-refractivity contribution in [2.75, 3.05) is 5.88 Å². The summed E-state index contributed by atoms with van der Waals surface area (Å²) in [5.41, 5.74) is 1.77. The Kier molecular flexibility index (Phi) is 5.50. The molecular weight excluding hydrogens is 292 g/mol. The van der Waals surface area contributed by atoms with Gasteiger partial charge in [-0.1, -0.05) is 68.0 Å². The third-order valence-electron chi connectivity index (χ3n) is 3.68. The average Bonchev–Trinajstić information content (AvgIpc) is 2.46. The van der Waals surface area contributed by atoms with E-state index in [0.29, 0.717) is 11.4 Å². The van der Waals surface area contributed by atoms with Crippen LogP contribution in [0.5, 0.6) is 0 Å². The van der Waals surface area contributed by atoms with E-state index in [1.165, 1.54) is 16.3 Å². The van der Waals surface area contributed by atoms with Crippen molar-refractivity contribution in [2.45, 2.75) is 38.0 Å². The zero-order valence-corrected chi connectivity index (χ0v) is 14.9. The molecule has 0 aromatic heterocycles. The summed E-state index contributed by atoms with van der Waals surface area (Å²) in [5.74, 6) is 7.61. The number of rotatable bonds is 4. The van der Waals surface area contributed by atoms with Crippen molar-refractivity contribution < 1.29 is 0 Å². The number of alkyl halides is 1. The second kappa shape index (κ2) is 7.16. The molecule has 2 heteroatoms. The molecule has 21 heavy (non-hydrogen) atoms. The molecule has 0 bridgehead atoms. The fourth-order valence-electron chi connectivity index (χ4n) is 2.59. The van der Waals surface area contributed by atoms with Gasteiger partial charge in [0.1, 0.15) is 0 Å². The predicted molar refractivity (Wildman–Crippen MR) is 97.8 cm³/mol. The van der Waals surface area contributed by atoms with Gasteiger partial charge >= 0.3 is 0 Å². The SMILES string of the molecule is C[Si](C)(C)C(C#CCCCCl)c1cccc2ccccc12. The molecule has 0 saturated heterocycles. The maximum atomic E-state index is 5.74. The lowest BCUT2D eigenvalue weighted by atomic mass is 10.0. The molecule has 0 heterocycles. The molecule has 2 aromatic carbocycles. The monoisotopic (exact) mass is 314 g/mol. The molecule has 0 N–H and O–H groups in total. The summed E-state index contributed by atoms with van der Waals surface area (Å²) in [4.78, 5) is 0. The highest BCUT2D eigenvalue weighted by atomic mass is 35.5. The van der Waals surface area contributed by atoms with Gasteiger partial charge in [-0.2, -0.15) is 0 Å². The van der Waals surface area contributed by atoms with Crippen molar-refractivity contribution in [1.29, 1.82) is 0 Å². The molecule has 0 spiro atoms. The van der Waals surface area contributed by atoms with E-state index in [4.69, 9.17) is 11.6 Å². The summed E-state index contributed by atoms with van der Waals surface area (Å²) in [6, 6.07) is 15.2. The van der Waals surface area contributed by atoms with Crippen LogP contribution in [0.4, 0.5) is 0 Å². The first-order chi connectivity index (χ1) is 10.0. The van der Waals surface area contributed by atoms with Crippen molar-refractivity contribution in [3.05, 3.63) is 48.0 Å². The molecule has 0 radical (unpaired) electrons. The molecule has 2 aromatic rings. The molecule has 2 rings (SSSR count). The summed E-state index contributed by atoms with van der Waals surface area (Å²) in [6.45, 7) is 7.20. The molecule has 0 nitrogen and oxygen atoms in total. The molecule has 0 aliphatic heterocycles. The van der Waals surface area contributed by atoms with Gasteiger partial charge in [0.2, 0.25) is 0 Å². The van der Waals surface area contributed by atoms with Crippen LogP contribution in [0.15, 0.2) is 42.5 Å². The van der Waals surface area contributed by atoms with E-state index in [1.54, 1.807) is 0 Å². The third-order valence-corrected chi connectivity index (χ3v) is 6.14. The van der Waals surface area contributed by atoms with E-state index in [2.05, 4.69) is 73.9 Å². The van der Waals surface area contributed by atoms with Crippen LogP contribution in [-0.4, -0.2) is 14.0 Å². The van der Waals surface area contributed by atoms with Gasteiger partial charge in [0, 0.05) is 17.8 Å². The van der Waals surface area contributed by atoms with Crippen LogP contribution in [0.1, 0.15) is 23.9 Å². The summed E-state index contributed by atoms with van der Waals surface area (Å²) < 4.78 is 0. The zero-order chi connectivity index (χ0) is 15.3. The van der Waals surface area contributed by atoms with Gasteiger partial charge in [0.05, 0.1) is 8.07 Å². The van der Waals surface area contributed by atoms with E-state index in [9.17, 15) is 0 Å². The van der Waals surface area contributed by atoms with Crippen molar-refractivity contribution in [2.24, 2.45) is 0 Å². The van der Waals surface area contributed by atoms with Crippen molar-refractivity contribution in [1.82, 2.24) is 0 Å². The average molecular weight is 315 g/mol. The summed E-state index contributed by atoms with van der Waals surface area (Å²) in [5, 5.41) is 2.65. The van der Waals surface area contributed by atoms with E-state index in [0.717, 1.165) is 12.8 Å². The summed E-state index contributed by atoms with van der Waals surface area (Å²) in [6.07, 6.45) is 1.87. The second-order valence-electron chi connectivity index (χ2n) is 6.48. The minimum atomic E-state index is -1.41. The lowest BCUT2D eigenvalue weighted by Gasteiger charge is -2.26. The first kappa shape index (κ1) is 16.1. The Balaban J connectivity index is 2.46. The fraction of sp³-hybridized carbons (Fsp3) is 0.368. The topological polar surface area (TPSA) is 0 Å². The standard InChI is InChI=1S/C19H23ClSi/c1-21(2,3)19(14-5-4-8-15-20)18-13-9-11-16-10-6-7-12-17(16)18/h6-7,9-13,19H,4,8,15H2,1-3H3. The van der Waals surface area contributed by atoms with Crippen LogP contribution in [0, 0.1) is 11.8 Å². The minimum Gasteiger partial charge on any atom is -0.127 e. The maximum Gasteiger partial charge on any atom is 0.0669 e. The Hall–Kier alpha value is -1.23. The van der Waals surface area contributed by atoms with Crippen molar-refractivity contribution >= 4 is 30.4 Å². The molecule has 0 aliphatic carbocycles. The first-order valence-corrected chi connectivity index (χ1v) is 11.7. The highest BCUT2D eigenvalue weighted by molar-refractivity contribution is 6.78. The molecule has 0 fully saturated rings. The van der Waals surface area contributed by atoms with Gasteiger partial charge in [-0.25, -0.2) is 0 Å².